The third-order valence-corrected chi connectivity index (χ3v) is 4.15. The fraction of sp³-hybridized carbons (Fsp3) is 0.294. The minimum atomic E-state index is 0.723. The lowest BCUT2D eigenvalue weighted by molar-refractivity contribution is 0.460. The van der Waals surface area contributed by atoms with E-state index in [0.29, 0.717) is 0 Å². The van der Waals surface area contributed by atoms with Crippen LogP contribution in [-0.4, -0.2) is 13.1 Å². The summed E-state index contributed by atoms with van der Waals surface area (Å²) in [7, 11) is 0. The molecule has 0 aromatic heterocycles. The zero-order valence-electron chi connectivity index (χ0n) is 10.9. The summed E-state index contributed by atoms with van der Waals surface area (Å²) in [6.45, 7) is 2.28. The molecule has 1 nitrogen and oxygen atoms in total. The molecule has 98 valence electrons. The van der Waals surface area contributed by atoms with Crippen molar-refractivity contribution >= 4 is 11.6 Å². The molecule has 3 rings (SSSR count). The van der Waals surface area contributed by atoms with Crippen LogP contribution in [0.1, 0.15) is 24.3 Å². The van der Waals surface area contributed by atoms with E-state index in [1.54, 1.807) is 0 Å². The first kappa shape index (κ1) is 12.7. The predicted octanol–water partition coefficient (Wildman–Crippen LogP) is 4.47. The number of halogens is 1. The van der Waals surface area contributed by atoms with Gasteiger partial charge < -0.3 is 5.32 Å². The van der Waals surface area contributed by atoms with E-state index in [2.05, 4.69) is 41.7 Å². The number of hydrogen-bond donors (Lipinski definition) is 1. The third-order valence-electron chi connectivity index (χ3n) is 3.90. The van der Waals surface area contributed by atoms with Crippen LogP contribution in [0.25, 0.3) is 11.1 Å². The first-order valence-corrected chi connectivity index (χ1v) is 7.27. The van der Waals surface area contributed by atoms with E-state index in [9.17, 15) is 0 Å². The summed E-state index contributed by atoms with van der Waals surface area (Å²) in [5.41, 5.74) is 3.95. The molecule has 1 fully saturated rings. The van der Waals surface area contributed by atoms with Gasteiger partial charge in [0, 0.05) is 5.02 Å². The van der Waals surface area contributed by atoms with Gasteiger partial charge >= 0.3 is 0 Å². The standard InChI is InChI=1S/C17H18ClN/c18-17-7-5-15(6-8-17)13-1-3-14(4-2-13)16-9-11-19-12-10-16/h1-8,16,19H,9-12H2. The van der Waals surface area contributed by atoms with Gasteiger partial charge in [0.05, 0.1) is 0 Å². The summed E-state index contributed by atoms with van der Waals surface area (Å²) in [6.07, 6.45) is 2.50. The van der Waals surface area contributed by atoms with Gasteiger partial charge in [-0.05, 0) is 60.7 Å². The second-order valence-electron chi connectivity index (χ2n) is 5.15. The van der Waals surface area contributed by atoms with E-state index in [1.165, 1.54) is 29.5 Å². The van der Waals surface area contributed by atoms with E-state index in [-0.39, 0.29) is 0 Å². The van der Waals surface area contributed by atoms with Gasteiger partial charge in [0.15, 0.2) is 0 Å². The molecule has 0 atom stereocenters. The molecule has 0 radical (unpaired) electrons. The lowest BCUT2D eigenvalue weighted by Gasteiger charge is -2.23. The van der Waals surface area contributed by atoms with Gasteiger partial charge in [-0.25, -0.2) is 0 Å². The molecule has 2 aromatic rings. The minimum absolute atomic E-state index is 0.723. The Labute approximate surface area is 119 Å². The van der Waals surface area contributed by atoms with Gasteiger partial charge in [-0.15, -0.1) is 0 Å². The lowest BCUT2D eigenvalue weighted by Crippen LogP contribution is -2.26. The van der Waals surface area contributed by atoms with Gasteiger partial charge in [0.1, 0.15) is 0 Å². The summed E-state index contributed by atoms with van der Waals surface area (Å²) >= 11 is 5.92. The Bertz CT molecular complexity index is 524. The fourth-order valence-corrected chi connectivity index (χ4v) is 2.87. The van der Waals surface area contributed by atoms with Gasteiger partial charge in [0.2, 0.25) is 0 Å². The Hall–Kier alpha value is -1.31. The Morgan fingerprint density at radius 3 is 1.89 bits per heavy atom. The number of benzene rings is 2. The second-order valence-corrected chi connectivity index (χ2v) is 5.59. The van der Waals surface area contributed by atoms with Crippen molar-refractivity contribution < 1.29 is 0 Å². The Morgan fingerprint density at radius 2 is 1.32 bits per heavy atom. The highest BCUT2D eigenvalue weighted by atomic mass is 35.5. The smallest absolute Gasteiger partial charge is 0.0406 e. The van der Waals surface area contributed by atoms with Crippen LogP contribution in [0, 0.1) is 0 Å². The SMILES string of the molecule is Clc1ccc(-c2ccc(C3CCNCC3)cc2)cc1. The van der Waals surface area contributed by atoms with Crippen LogP contribution >= 0.6 is 11.6 Å². The van der Waals surface area contributed by atoms with Crippen molar-refractivity contribution in [2.24, 2.45) is 0 Å². The summed E-state index contributed by atoms with van der Waals surface area (Å²) in [4.78, 5) is 0. The first-order valence-electron chi connectivity index (χ1n) is 6.89. The number of nitrogens with one attached hydrogen (secondary N) is 1. The predicted molar refractivity (Wildman–Crippen MR) is 81.7 cm³/mol. The molecule has 1 aliphatic rings. The second kappa shape index (κ2) is 5.77. The van der Waals surface area contributed by atoms with Crippen molar-refractivity contribution in [3.8, 4) is 11.1 Å². The average Bonchev–Trinajstić information content (AvgIpc) is 2.49. The summed E-state index contributed by atoms with van der Waals surface area (Å²) < 4.78 is 0. The number of rotatable bonds is 2. The summed E-state index contributed by atoms with van der Waals surface area (Å²) in [6, 6.07) is 17.0. The van der Waals surface area contributed by atoms with Crippen LogP contribution < -0.4 is 5.32 Å². The highest BCUT2D eigenvalue weighted by molar-refractivity contribution is 6.30. The van der Waals surface area contributed by atoms with Gasteiger partial charge in [-0.3, -0.25) is 0 Å². The zero-order valence-corrected chi connectivity index (χ0v) is 11.7. The van der Waals surface area contributed by atoms with E-state index >= 15 is 0 Å². The molecule has 2 aromatic carbocycles. The molecule has 1 aliphatic heterocycles. The Kier molecular flexibility index (Phi) is 3.86. The van der Waals surface area contributed by atoms with Crippen LogP contribution in [0.3, 0.4) is 0 Å². The molecule has 1 saturated heterocycles. The fourth-order valence-electron chi connectivity index (χ4n) is 2.75. The van der Waals surface area contributed by atoms with Gasteiger partial charge in [-0.2, -0.15) is 0 Å². The van der Waals surface area contributed by atoms with E-state index in [1.807, 2.05) is 12.1 Å². The van der Waals surface area contributed by atoms with Gasteiger partial charge in [-0.1, -0.05) is 48.0 Å². The molecule has 0 spiro atoms. The van der Waals surface area contributed by atoms with E-state index < -0.39 is 0 Å². The maximum atomic E-state index is 5.92. The third kappa shape index (κ3) is 2.99. The highest BCUT2D eigenvalue weighted by Gasteiger charge is 2.14. The van der Waals surface area contributed by atoms with Crippen LogP contribution in [0.5, 0.6) is 0 Å². The van der Waals surface area contributed by atoms with E-state index in [4.69, 9.17) is 11.6 Å². The molecule has 0 saturated carbocycles. The maximum absolute atomic E-state index is 5.92. The molecule has 0 aliphatic carbocycles. The highest BCUT2D eigenvalue weighted by Crippen LogP contribution is 2.28. The topological polar surface area (TPSA) is 12.0 Å². The number of piperidine rings is 1. The van der Waals surface area contributed by atoms with Crippen molar-refractivity contribution in [1.29, 1.82) is 0 Å². The van der Waals surface area contributed by atoms with Crippen molar-refractivity contribution in [2.45, 2.75) is 18.8 Å². The quantitative estimate of drug-likeness (QED) is 0.850. The van der Waals surface area contributed by atoms with E-state index in [0.717, 1.165) is 24.0 Å². The van der Waals surface area contributed by atoms with Crippen LogP contribution in [0.4, 0.5) is 0 Å². The molecular weight excluding hydrogens is 254 g/mol. The average molecular weight is 272 g/mol. The zero-order chi connectivity index (χ0) is 13.1. The normalized spacial score (nSPS) is 16.5. The summed E-state index contributed by atoms with van der Waals surface area (Å²) in [5, 5.41) is 4.20. The Morgan fingerprint density at radius 1 is 0.789 bits per heavy atom. The maximum Gasteiger partial charge on any atom is 0.0406 e. The molecule has 0 bridgehead atoms. The van der Waals surface area contributed by atoms with Crippen LogP contribution in [-0.2, 0) is 0 Å². The molecule has 1 N–H and O–H groups in total. The minimum Gasteiger partial charge on any atom is -0.317 e. The monoisotopic (exact) mass is 271 g/mol. The van der Waals surface area contributed by atoms with Crippen LogP contribution in [0.2, 0.25) is 5.02 Å². The molecule has 2 heteroatoms. The molecule has 0 unspecified atom stereocenters. The lowest BCUT2D eigenvalue weighted by atomic mass is 9.89. The summed E-state index contributed by atoms with van der Waals surface area (Å²) in [5.74, 6) is 0.723. The molecular formula is C17H18ClN. The molecule has 0 amide bonds. The van der Waals surface area contributed by atoms with Gasteiger partial charge in [0.25, 0.3) is 0 Å². The molecule has 1 heterocycles. The van der Waals surface area contributed by atoms with Crippen molar-refractivity contribution in [3.05, 3.63) is 59.1 Å². The van der Waals surface area contributed by atoms with Crippen LogP contribution in [0.15, 0.2) is 48.5 Å². The van der Waals surface area contributed by atoms with Crippen molar-refractivity contribution in [2.75, 3.05) is 13.1 Å². The Balaban J connectivity index is 1.80. The number of hydrogen-bond acceptors (Lipinski definition) is 1. The van der Waals surface area contributed by atoms with Crippen molar-refractivity contribution in [1.82, 2.24) is 5.32 Å². The first-order chi connectivity index (χ1) is 9.33. The molecule has 19 heavy (non-hydrogen) atoms. The van der Waals surface area contributed by atoms with Crippen molar-refractivity contribution in [3.63, 3.8) is 0 Å². The largest absolute Gasteiger partial charge is 0.317 e.